The first-order chi connectivity index (χ1) is 10.1. The zero-order chi connectivity index (χ0) is 15.2. The van der Waals surface area contributed by atoms with Crippen LogP contribution in [-0.2, 0) is 0 Å². The van der Waals surface area contributed by atoms with Gasteiger partial charge >= 0.3 is 0 Å². The molecular formula is C15H17BrN4O. The van der Waals surface area contributed by atoms with Crippen LogP contribution in [0.25, 0.3) is 0 Å². The van der Waals surface area contributed by atoms with Crippen molar-refractivity contribution in [2.24, 2.45) is 0 Å². The molecule has 1 N–H and O–H groups in total. The maximum atomic E-state index is 12.2. The summed E-state index contributed by atoms with van der Waals surface area (Å²) in [5.41, 5.74) is 1.07. The second kappa shape index (κ2) is 7.17. The largest absolute Gasteiger partial charge is 0.357 e. The molecule has 0 aliphatic rings. The van der Waals surface area contributed by atoms with Crippen LogP contribution in [0.5, 0.6) is 0 Å². The number of carbonyl (C=O) groups is 1. The van der Waals surface area contributed by atoms with Crippen LogP contribution in [0.2, 0.25) is 0 Å². The normalized spacial score (nSPS) is 10.2. The third-order valence-corrected chi connectivity index (χ3v) is 3.55. The van der Waals surface area contributed by atoms with Gasteiger partial charge in [0.25, 0.3) is 5.91 Å². The van der Waals surface area contributed by atoms with Crippen LogP contribution in [0.1, 0.15) is 24.3 Å². The predicted octanol–water partition coefficient (Wildman–Crippen LogP) is 3.34. The maximum Gasteiger partial charge on any atom is 0.274 e. The summed E-state index contributed by atoms with van der Waals surface area (Å²) in [5, 5.41) is 2.82. The molecule has 2 aromatic rings. The molecule has 110 valence electrons. The topological polar surface area (TPSA) is 58.1 Å². The van der Waals surface area contributed by atoms with Crippen LogP contribution in [0.3, 0.4) is 0 Å². The van der Waals surface area contributed by atoms with Crippen LogP contribution in [0.15, 0.2) is 41.1 Å². The Morgan fingerprint density at radius 3 is 2.67 bits per heavy atom. The van der Waals surface area contributed by atoms with Crippen molar-refractivity contribution in [2.45, 2.75) is 13.8 Å². The number of rotatable bonds is 5. The van der Waals surface area contributed by atoms with E-state index in [0.717, 1.165) is 29.1 Å². The molecule has 1 aromatic carbocycles. The molecule has 0 radical (unpaired) electrons. The Kier molecular flexibility index (Phi) is 5.27. The zero-order valence-electron chi connectivity index (χ0n) is 12.0. The standard InChI is InChI=1S/C15H17BrN4O/c1-3-20(4-2)14-9-13(17-10-18-14)15(21)19-12-7-5-6-11(16)8-12/h5-10H,3-4H2,1-2H3,(H,19,21). The zero-order valence-corrected chi connectivity index (χ0v) is 13.6. The van der Waals surface area contributed by atoms with Crippen LogP contribution < -0.4 is 10.2 Å². The van der Waals surface area contributed by atoms with Gasteiger partial charge in [-0.2, -0.15) is 0 Å². The smallest absolute Gasteiger partial charge is 0.274 e. The molecule has 2 rings (SSSR count). The highest BCUT2D eigenvalue weighted by Gasteiger charge is 2.11. The monoisotopic (exact) mass is 348 g/mol. The number of anilines is 2. The van der Waals surface area contributed by atoms with E-state index >= 15 is 0 Å². The highest BCUT2D eigenvalue weighted by molar-refractivity contribution is 9.10. The van der Waals surface area contributed by atoms with Crippen molar-refractivity contribution in [3.63, 3.8) is 0 Å². The minimum Gasteiger partial charge on any atom is -0.357 e. The summed E-state index contributed by atoms with van der Waals surface area (Å²) in [6.45, 7) is 5.76. The summed E-state index contributed by atoms with van der Waals surface area (Å²) < 4.78 is 0.909. The van der Waals surface area contributed by atoms with Crippen LogP contribution in [-0.4, -0.2) is 29.0 Å². The summed E-state index contributed by atoms with van der Waals surface area (Å²) in [6, 6.07) is 9.14. The molecule has 6 heteroatoms. The molecule has 0 spiro atoms. The number of amides is 1. The van der Waals surface area contributed by atoms with Gasteiger partial charge in [0.1, 0.15) is 17.8 Å². The van der Waals surface area contributed by atoms with E-state index in [-0.39, 0.29) is 5.91 Å². The van der Waals surface area contributed by atoms with Crippen LogP contribution in [0.4, 0.5) is 11.5 Å². The number of halogens is 1. The first-order valence-electron chi connectivity index (χ1n) is 6.78. The van der Waals surface area contributed by atoms with Gasteiger partial charge in [0.2, 0.25) is 0 Å². The van der Waals surface area contributed by atoms with Crippen molar-refractivity contribution in [3.05, 3.63) is 46.8 Å². The SMILES string of the molecule is CCN(CC)c1cc(C(=O)Nc2cccc(Br)c2)ncn1. The van der Waals surface area contributed by atoms with Gasteiger partial charge in [-0.25, -0.2) is 9.97 Å². The highest BCUT2D eigenvalue weighted by Crippen LogP contribution is 2.17. The number of benzene rings is 1. The van der Waals surface area contributed by atoms with E-state index in [2.05, 4.69) is 36.1 Å². The number of hydrogen-bond donors (Lipinski definition) is 1. The Hall–Kier alpha value is -1.95. The molecule has 0 fully saturated rings. The lowest BCUT2D eigenvalue weighted by Gasteiger charge is -2.19. The van der Waals surface area contributed by atoms with E-state index in [0.29, 0.717) is 5.69 Å². The fourth-order valence-corrected chi connectivity index (χ4v) is 2.35. The van der Waals surface area contributed by atoms with Gasteiger partial charge in [-0.05, 0) is 32.0 Å². The number of aromatic nitrogens is 2. The number of nitrogens with zero attached hydrogens (tertiary/aromatic N) is 3. The van der Waals surface area contributed by atoms with Gasteiger partial charge in [-0.3, -0.25) is 4.79 Å². The first kappa shape index (κ1) is 15.4. The van der Waals surface area contributed by atoms with E-state index in [1.54, 1.807) is 6.07 Å². The Morgan fingerprint density at radius 2 is 2.00 bits per heavy atom. The summed E-state index contributed by atoms with van der Waals surface area (Å²) in [6.07, 6.45) is 1.42. The fraction of sp³-hybridized carbons (Fsp3) is 0.267. The van der Waals surface area contributed by atoms with Gasteiger partial charge in [0, 0.05) is 29.3 Å². The molecule has 0 saturated heterocycles. The summed E-state index contributed by atoms with van der Waals surface area (Å²) in [5.74, 6) is 0.512. The lowest BCUT2D eigenvalue weighted by atomic mass is 10.3. The van der Waals surface area contributed by atoms with Crippen molar-refractivity contribution in [1.29, 1.82) is 0 Å². The molecular weight excluding hydrogens is 332 g/mol. The van der Waals surface area contributed by atoms with Gasteiger partial charge in [0.15, 0.2) is 0 Å². The molecule has 0 saturated carbocycles. The molecule has 0 aliphatic heterocycles. The molecule has 0 atom stereocenters. The summed E-state index contributed by atoms with van der Waals surface area (Å²) in [4.78, 5) is 22.6. The van der Waals surface area contributed by atoms with Gasteiger partial charge < -0.3 is 10.2 Å². The quantitative estimate of drug-likeness (QED) is 0.900. The second-order valence-corrected chi connectivity index (χ2v) is 5.31. The van der Waals surface area contributed by atoms with Crippen LogP contribution >= 0.6 is 15.9 Å². The average Bonchev–Trinajstić information content (AvgIpc) is 2.49. The van der Waals surface area contributed by atoms with E-state index in [1.807, 2.05) is 38.1 Å². The molecule has 5 nitrogen and oxygen atoms in total. The number of nitrogens with one attached hydrogen (secondary N) is 1. The first-order valence-corrected chi connectivity index (χ1v) is 7.57. The third kappa shape index (κ3) is 4.01. The minimum absolute atomic E-state index is 0.246. The average molecular weight is 349 g/mol. The summed E-state index contributed by atoms with van der Waals surface area (Å²) in [7, 11) is 0. The molecule has 1 aromatic heterocycles. The van der Waals surface area contributed by atoms with Gasteiger partial charge in [0.05, 0.1) is 0 Å². The molecule has 21 heavy (non-hydrogen) atoms. The van der Waals surface area contributed by atoms with Gasteiger partial charge in [-0.1, -0.05) is 22.0 Å². The van der Waals surface area contributed by atoms with E-state index < -0.39 is 0 Å². The van der Waals surface area contributed by atoms with E-state index in [9.17, 15) is 4.79 Å². The lowest BCUT2D eigenvalue weighted by molar-refractivity contribution is 0.102. The van der Waals surface area contributed by atoms with Crippen LogP contribution in [0, 0.1) is 0 Å². The predicted molar refractivity (Wildman–Crippen MR) is 87.7 cm³/mol. The third-order valence-electron chi connectivity index (χ3n) is 3.06. The number of carbonyl (C=O) groups excluding carboxylic acids is 1. The molecule has 1 amide bonds. The molecule has 0 bridgehead atoms. The number of hydrogen-bond acceptors (Lipinski definition) is 4. The van der Waals surface area contributed by atoms with E-state index in [1.165, 1.54) is 6.33 Å². The molecule has 0 aliphatic carbocycles. The Labute approximate surface area is 132 Å². The fourth-order valence-electron chi connectivity index (χ4n) is 1.95. The van der Waals surface area contributed by atoms with E-state index in [4.69, 9.17) is 0 Å². The molecule has 1 heterocycles. The van der Waals surface area contributed by atoms with Crippen molar-refractivity contribution in [2.75, 3.05) is 23.3 Å². The second-order valence-electron chi connectivity index (χ2n) is 4.40. The lowest BCUT2D eigenvalue weighted by Crippen LogP contribution is -2.24. The molecule has 0 unspecified atom stereocenters. The van der Waals surface area contributed by atoms with Gasteiger partial charge in [-0.15, -0.1) is 0 Å². The van der Waals surface area contributed by atoms with Crippen molar-refractivity contribution in [3.8, 4) is 0 Å². The highest BCUT2D eigenvalue weighted by atomic mass is 79.9. The Morgan fingerprint density at radius 1 is 1.24 bits per heavy atom. The van der Waals surface area contributed by atoms with Crippen molar-refractivity contribution in [1.82, 2.24) is 9.97 Å². The Balaban J connectivity index is 2.18. The Bertz CT molecular complexity index is 629. The maximum absolute atomic E-state index is 12.2. The summed E-state index contributed by atoms with van der Waals surface area (Å²) >= 11 is 3.37. The van der Waals surface area contributed by atoms with Crippen molar-refractivity contribution >= 4 is 33.3 Å². The van der Waals surface area contributed by atoms with Crippen molar-refractivity contribution < 1.29 is 4.79 Å². The minimum atomic E-state index is -0.246.